The quantitative estimate of drug-likeness (QED) is 0.626. The van der Waals surface area contributed by atoms with Gasteiger partial charge in [0.2, 0.25) is 0 Å². The highest BCUT2D eigenvalue weighted by molar-refractivity contribution is 5.48. The van der Waals surface area contributed by atoms with Crippen molar-refractivity contribution < 1.29 is 9.13 Å². The minimum Gasteiger partial charge on any atom is -0.497 e. The van der Waals surface area contributed by atoms with E-state index in [0.717, 1.165) is 34.9 Å². The van der Waals surface area contributed by atoms with Gasteiger partial charge >= 0.3 is 0 Å². The van der Waals surface area contributed by atoms with Crippen molar-refractivity contribution in [3.63, 3.8) is 0 Å². The van der Waals surface area contributed by atoms with Gasteiger partial charge in [0, 0.05) is 19.2 Å². The number of nitrogens with one attached hydrogen (secondary N) is 2. The molecular weight excluding hydrogens is 343 g/mol. The minimum atomic E-state index is -0.217. The second kappa shape index (κ2) is 8.98. The number of ether oxygens (including phenoxy) is 1. The van der Waals surface area contributed by atoms with Crippen molar-refractivity contribution in [3.05, 3.63) is 77.4 Å². The van der Waals surface area contributed by atoms with E-state index in [0.29, 0.717) is 18.9 Å². The summed E-state index contributed by atoms with van der Waals surface area (Å²) in [4.78, 5) is 8.85. The molecule has 3 aromatic rings. The van der Waals surface area contributed by atoms with Crippen molar-refractivity contribution in [1.82, 2.24) is 9.97 Å². The first-order valence-corrected chi connectivity index (χ1v) is 8.83. The molecule has 0 radical (unpaired) electrons. The van der Waals surface area contributed by atoms with Gasteiger partial charge in [-0.3, -0.25) is 0 Å². The van der Waals surface area contributed by atoms with Crippen molar-refractivity contribution in [3.8, 4) is 5.75 Å². The summed E-state index contributed by atoms with van der Waals surface area (Å²) in [6, 6.07) is 16.3. The molecule has 0 bridgehead atoms. The third-order valence-corrected chi connectivity index (χ3v) is 4.10. The smallest absolute Gasteiger partial charge is 0.132 e. The predicted octanol–water partition coefficient (Wildman–Crippen LogP) is 4.20. The second-order valence-corrected chi connectivity index (χ2v) is 6.19. The Kier molecular flexibility index (Phi) is 6.20. The van der Waals surface area contributed by atoms with E-state index in [1.807, 2.05) is 37.3 Å². The molecule has 2 aromatic carbocycles. The topological polar surface area (TPSA) is 59.1 Å². The van der Waals surface area contributed by atoms with Gasteiger partial charge in [-0.25, -0.2) is 14.4 Å². The number of rotatable bonds is 8. The maximum atomic E-state index is 13.0. The Labute approximate surface area is 158 Å². The Morgan fingerprint density at radius 2 is 1.52 bits per heavy atom. The average Bonchev–Trinajstić information content (AvgIpc) is 2.68. The molecule has 0 saturated carbocycles. The highest BCUT2D eigenvalue weighted by Gasteiger charge is 2.03. The van der Waals surface area contributed by atoms with Crippen LogP contribution in [0.4, 0.5) is 16.0 Å². The second-order valence-electron chi connectivity index (χ2n) is 6.19. The van der Waals surface area contributed by atoms with E-state index < -0.39 is 0 Å². The molecule has 0 atom stereocenters. The number of hydrogen-bond acceptors (Lipinski definition) is 5. The van der Waals surface area contributed by atoms with Crippen LogP contribution < -0.4 is 15.4 Å². The molecule has 1 heterocycles. The number of nitrogens with zero attached hydrogens (tertiary/aromatic N) is 2. The van der Waals surface area contributed by atoms with Crippen LogP contribution in [0.5, 0.6) is 5.75 Å². The predicted molar refractivity (Wildman–Crippen MR) is 106 cm³/mol. The summed E-state index contributed by atoms with van der Waals surface area (Å²) in [5.74, 6) is 2.85. The largest absolute Gasteiger partial charge is 0.497 e. The van der Waals surface area contributed by atoms with Crippen LogP contribution in [0, 0.1) is 12.7 Å². The first-order chi connectivity index (χ1) is 13.1. The lowest BCUT2D eigenvalue weighted by molar-refractivity contribution is 0.414. The number of aromatic nitrogens is 2. The molecule has 1 aromatic heterocycles. The highest BCUT2D eigenvalue weighted by atomic mass is 19.1. The van der Waals surface area contributed by atoms with Gasteiger partial charge in [-0.15, -0.1) is 0 Å². The average molecular weight is 366 g/mol. The summed E-state index contributed by atoms with van der Waals surface area (Å²) in [6.45, 7) is 3.24. The summed E-state index contributed by atoms with van der Waals surface area (Å²) in [5.41, 5.74) is 2.21. The van der Waals surface area contributed by atoms with E-state index in [1.54, 1.807) is 19.2 Å². The zero-order chi connectivity index (χ0) is 19.1. The number of anilines is 2. The number of benzene rings is 2. The molecule has 2 N–H and O–H groups in total. The Bertz CT molecular complexity index is 866. The first kappa shape index (κ1) is 18.6. The number of halogens is 1. The fourth-order valence-corrected chi connectivity index (χ4v) is 2.67. The minimum absolute atomic E-state index is 0.217. The maximum Gasteiger partial charge on any atom is 0.132 e. The Balaban J connectivity index is 1.55. The lowest BCUT2D eigenvalue weighted by Gasteiger charge is -2.11. The van der Waals surface area contributed by atoms with Gasteiger partial charge in [-0.1, -0.05) is 24.3 Å². The van der Waals surface area contributed by atoms with Crippen molar-refractivity contribution in [1.29, 1.82) is 0 Å². The summed E-state index contributed by atoms with van der Waals surface area (Å²) in [6.07, 6.45) is 0.790. The van der Waals surface area contributed by atoms with Gasteiger partial charge in [0.15, 0.2) is 0 Å². The zero-order valence-electron chi connectivity index (χ0n) is 15.5. The van der Waals surface area contributed by atoms with E-state index in [9.17, 15) is 4.39 Å². The fourth-order valence-electron chi connectivity index (χ4n) is 2.67. The molecule has 0 aliphatic carbocycles. The maximum absolute atomic E-state index is 13.0. The van der Waals surface area contributed by atoms with Gasteiger partial charge in [0.25, 0.3) is 0 Å². The van der Waals surface area contributed by atoms with Crippen LogP contribution in [0.15, 0.2) is 54.6 Å². The summed E-state index contributed by atoms with van der Waals surface area (Å²) in [5, 5.41) is 6.62. The van der Waals surface area contributed by atoms with Crippen LogP contribution in [-0.2, 0) is 13.0 Å². The van der Waals surface area contributed by atoms with Crippen molar-refractivity contribution in [2.45, 2.75) is 19.9 Å². The molecule has 140 valence electrons. The fraction of sp³-hybridized carbons (Fsp3) is 0.238. The number of aryl methyl sites for hydroxylation is 1. The third-order valence-electron chi connectivity index (χ3n) is 4.10. The standard InChI is InChI=1S/C21H23FN4O/c1-15-25-20(23-12-11-16-3-7-18(22)8-4-16)13-21(26-15)24-14-17-5-9-19(27-2)10-6-17/h3-10,13H,11-12,14H2,1-2H3,(H2,23,24,25,26). The van der Waals surface area contributed by atoms with Gasteiger partial charge in [-0.05, 0) is 48.7 Å². The Hall–Kier alpha value is -3.15. The van der Waals surface area contributed by atoms with Crippen LogP contribution in [-0.4, -0.2) is 23.6 Å². The van der Waals surface area contributed by atoms with Crippen molar-refractivity contribution in [2.75, 3.05) is 24.3 Å². The summed E-state index contributed by atoms with van der Waals surface area (Å²) in [7, 11) is 1.65. The lowest BCUT2D eigenvalue weighted by atomic mass is 10.1. The first-order valence-electron chi connectivity index (χ1n) is 8.83. The molecule has 0 unspecified atom stereocenters. The van der Waals surface area contributed by atoms with Crippen LogP contribution in [0.2, 0.25) is 0 Å². The molecule has 5 nitrogen and oxygen atoms in total. The molecule has 0 spiro atoms. The van der Waals surface area contributed by atoms with Crippen molar-refractivity contribution in [2.24, 2.45) is 0 Å². The molecular formula is C21H23FN4O. The molecule has 0 aliphatic heterocycles. The van der Waals surface area contributed by atoms with Crippen LogP contribution >= 0.6 is 0 Å². The molecule has 6 heteroatoms. The van der Waals surface area contributed by atoms with E-state index in [1.165, 1.54) is 12.1 Å². The number of hydrogen-bond donors (Lipinski definition) is 2. The third kappa shape index (κ3) is 5.67. The number of methoxy groups -OCH3 is 1. The summed E-state index contributed by atoms with van der Waals surface area (Å²) < 4.78 is 18.1. The Morgan fingerprint density at radius 1 is 0.889 bits per heavy atom. The molecule has 0 aliphatic rings. The van der Waals surface area contributed by atoms with E-state index in [4.69, 9.17) is 4.74 Å². The van der Waals surface area contributed by atoms with Crippen LogP contribution in [0.3, 0.4) is 0 Å². The zero-order valence-corrected chi connectivity index (χ0v) is 15.5. The molecule has 0 fully saturated rings. The lowest BCUT2D eigenvalue weighted by Crippen LogP contribution is -2.09. The van der Waals surface area contributed by atoms with E-state index in [-0.39, 0.29) is 5.82 Å². The van der Waals surface area contributed by atoms with E-state index in [2.05, 4.69) is 20.6 Å². The van der Waals surface area contributed by atoms with Gasteiger partial charge in [0.1, 0.15) is 29.0 Å². The van der Waals surface area contributed by atoms with Gasteiger partial charge in [0.05, 0.1) is 7.11 Å². The van der Waals surface area contributed by atoms with Gasteiger partial charge < -0.3 is 15.4 Å². The van der Waals surface area contributed by atoms with Crippen molar-refractivity contribution >= 4 is 11.6 Å². The molecule has 0 saturated heterocycles. The Morgan fingerprint density at radius 3 is 2.19 bits per heavy atom. The SMILES string of the molecule is COc1ccc(CNc2cc(NCCc3ccc(F)cc3)nc(C)n2)cc1. The van der Waals surface area contributed by atoms with E-state index >= 15 is 0 Å². The van der Waals surface area contributed by atoms with Crippen LogP contribution in [0.1, 0.15) is 17.0 Å². The van der Waals surface area contributed by atoms with Gasteiger partial charge in [-0.2, -0.15) is 0 Å². The van der Waals surface area contributed by atoms with Crippen LogP contribution in [0.25, 0.3) is 0 Å². The molecule has 3 rings (SSSR count). The monoisotopic (exact) mass is 366 g/mol. The molecule has 0 amide bonds. The normalized spacial score (nSPS) is 10.5. The molecule has 27 heavy (non-hydrogen) atoms. The highest BCUT2D eigenvalue weighted by Crippen LogP contribution is 2.15. The summed E-state index contributed by atoms with van der Waals surface area (Å²) >= 11 is 0.